The zero-order chi connectivity index (χ0) is 24.0. The summed E-state index contributed by atoms with van der Waals surface area (Å²) in [5.41, 5.74) is -2.10. The van der Waals surface area contributed by atoms with E-state index in [1.54, 1.807) is 23.6 Å². The van der Waals surface area contributed by atoms with Gasteiger partial charge in [-0.15, -0.1) is 11.3 Å². The number of amides is 1. The van der Waals surface area contributed by atoms with Crippen LogP contribution in [-0.4, -0.2) is 64.8 Å². The molecule has 6 rings (SSSR count). The maximum Gasteiger partial charge on any atom is 0.344 e. The fraction of sp³-hybridized carbons (Fsp3) is 0.609. The van der Waals surface area contributed by atoms with Crippen LogP contribution in [0.2, 0.25) is 0 Å². The van der Waals surface area contributed by atoms with E-state index in [1.807, 2.05) is 0 Å². The highest BCUT2D eigenvalue weighted by atomic mass is 79.9. The molecule has 3 saturated heterocycles. The van der Waals surface area contributed by atoms with Gasteiger partial charge in [-0.3, -0.25) is 4.79 Å². The van der Waals surface area contributed by atoms with Crippen molar-refractivity contribution >= 4 is 29.0 Å². The first-order valence-electron chi connectivity index (χ1n) is 11.6. The quantitative estimate of drug-likeness (QED) is 0.360. The molecule has 12 heteroatoms. The number of anilines is 1. The number of nitrogens with zero attached hydrogens (tertiary/aromatic N) is 2. The topological polar surface area (TPSA) is 102 Å². The van der Waals surface area contributed by atoms with Crippen LogP contribution in [0.25, 0.3) is 0 Å². The van der Waals surface area contributed by atoms with Crippen molar-refractivity contribution in [3.05, 3.63) is 34.7 Å². The molecule has 2 N–H and O–H groups in total. The van der Waals surface area contributed by atoms with E-state index >= 15 is 0 Å². The second-order valence-electron chi connectivity index (χ2n) is 9.88. The highest BCUT2D eigenvalue weighted by molar-refractivity contribution is 7.10. The van der Waals surface area contributed by atoms with Crippen LogP contribution in [0.3, 0.4) is 0 Å². The van der Waals surface area contributed by atoms with Gasteiger partial charge in [-0.25, -0.2) is 13.6 Å². The van der Waals surface area contributed by atoms with Crippen molar-refractivity contribution in [2.45, 2.75) is 49.7 Å². The van der Waals surface area contributed by atoms with Gasteiger partial charge in [0.25, 0.3) is 5.91 Å². The van der Waals surface area contributed by atoms with Crippen LogP contribution in [0, 0.1) is 11.8 Å². The van der Waals surface area contributed by atoms with E-state index in [4.69, 9.17) is 9.26 Å². The Kier molecular flexibility index (Phi) is 7.38. The molecule has 1 aliphatic carbocycles. The second kappa shape index (κ2) is 9.87. The summed E-state index contributed by atoms with van der Waals surface area (Å²) in [7, 11) is 0. The van der Waals surface area contributed by atoms with Gasteiger partial charge in [0.05, 0.1) is 13.1 Å². The second-order valence-corrected chi connectivity index (χ2v) is 10.8. The first kappa shape index (κ1) is 26.2. The molecule has 5 heterocycles. The predicted molar refractivity (Wildman–Crippen MR) is 118 cm³/mol. The maximum absolute atomic E-state index is 14.0. The minimum Gasteiger partial charge on any atom is -1.00 e. The molecule has 3 atom stereocenters. The number of fused-ring (bicyclic) bond motifs is 3. The zero-order valence-electron chi connectivity index (χ0n) is 19.0. The Morgan fingerprint density at radius 3 is 2.69 bits per heavy atom. The number of aliphatic hydroxyl groups is 1. The average Bonchev–Trinajstić information content (AvgIpc) is 3.56. The Morgan fingerprint density at radius 2 is 2.09 bits per heavy atom. The smallest absolute Gasteiger partial charge is 0.344 e. The number of nitrogens with one attached hydrogen (secondary N) is 1. The minimum atomic E-state index is -2.90. The number of piperidine rings is 3. The molecule has 2 aromatic heterocycles. The van der Waals surface area contributed by atoms with Gasteiger partial charge in [0.2, 0.25) is 5.92 Å². The van der Waals surface area contributed by atoms with E-state index in [0.29, 0.717) is 21.7 Å². The summed E-state index contributed by atoms with van der Waals surface area (Å²) in [6.45, 7) is 2.23. The van der Waals surface area contributed by atoms with Gasteiger partial charge in [-0.2, -0.15) is 0 Å². The zero-order valence-corrected chi connectivity index (χ0v) is 21.4. The van der Waals surface area contributed by atoms with Crippen molar-refractivity contribution in [2.24, 2.45) is 11.8 Å². The van der Waals surface area contributed by atoms with E-state index < -0.39 is 35.9 Å². The number of thiophene rings is 1. The molecule has 0 radical (unpaired) electrons. The fourth-order valence-corrected chi connectivity index (χ4v) is 6.73. The Balaban J connectivity index is 0.00000289. The normalized spacial score (nSPS) is 30.8. The van der Waals surface area contributed by atoms with Crippen LogP contribution >= 0.6 is 11.3 Å². The third kappa shape index (κ3) is 5.16. The predicted octanol–water partition coefficient (Wildman–Crippen LogP) is 0.154. The van der Waals surface area contributed by atoms with Gasteiger partial charge in [0, 0.05) is 48.5 Å². The summed E-state index contributed by atoms with van der Waals surface area (Å²) in [5, 5.41) is 19.7. The molecular weight excluding hydrogens is 548 g/mol. The van der Waals surface area contributed by atoms with Crippen molar-refractivity contribution in [3.63, 3.8) is 0 Å². The fourth-order valence-electron chi connectivity index (χ4n) is 5.84. The van der Waals surface area contributed by atoms with Crippen LogP contribution in [0.5, 0.6) is 0 Å². The number of alkyl halides is 2. The van der Waals surface area contributed by atoms with Crippen LogP contribution < -0.4 is 22.3 Å². The van der Waals surface area contributed by atoms with Crippen LogP contribution in [-0.2, 0) is 19.9 Å². The summed E-state index contributed by atoms with van der Waals surface area (Å²) in [4.78, 5) is 26.4. The van der Waals surface area contributed by atoms with Crippen molar-refractivity contribution in [1.29, 1.82) is 0 Å². The molecule has 2 aromatic rings. The Labute approximate surface area is 216 Å². The summed E-state index contributed by atoms with van der Waals surface area (Å²) >= 11 is 1.17. The molecule has 2 unspecified atom stereocenters. The molecule has 192 valence electrons. The van der Waals surface area contributed by atoms with Crippen molar-refractivity contribution in [2.75, 3.05) is 31.5 Å². The first-order chi connectivity index (χ1) is 16.2. The number of quaternary nitrogens is 1. The number of hydrogen-bond donors (Lipinski definition) is 2. The van der Waals surface area contributed by atoms with Crippen LogP contribution in [0.1, 0.15) is 37.0 Å². The number of carbonyl (C=O) groups is 2. The van der Waals surface area contributed by atoms with Crippen LogP contribution in [0.4, 0.5) is 14.6 Å². The van der Waals surface area contributed by atoms with Crippen LogP contribution in [0.15, 0.2) is 34.4 Å². The van der Waals surface area contributed by atoms with Gasteiger partial charge in [-0.1, -0.05) is 11.2 Å². The Hall–Kier alpha value is -1.89. The molecule has 0 spiro atoms. The van der Waals surface area contributed by atoms with Gasteiger partial charge in [-0.05, 0) is 17.9 Å². The van der Waals surface area contributed by atoms with E-state index in [-0.39, 0.29) is 48.2 Å². The van der Waals surface area contributed by atoms with Gasteiger partial charge >= 0.3 is 5.97 Å². The van der Waals surface area contributed by atoms with Gasteiger partial charge in [0.15, 0.2) is 24.1 Å². The van der Waals surface area contributed by atoms with Crippen molar-refractivity contribution < 1.29 is 54.2 Å². The van der Waals surface area contributed by atoms with Gasteiger partial charge in [0.1, 0.15) is 12.8 Å². The molecular formula is C23H28BrF2N3O5S. The molecule has 4 aliphatic rings. The number of rotatable bonds is 7. The lowest BCUT2D eigenvalue weighted by Gasteiger charge is -2.51. The Bertz CT molecular complexity index is 1030. The molecule has 1 saturated carbocycles. The maximum atomic E-state index is 14.0. The highest BCUT2D eigenvalue weighted by Crippen LogP contribution is 2.49. The highest BCUT2D eigenvalue weighted by Gasteiger charge is 2.57. The molecule has 2 bridgehead atoms. The molecule has 3 aliphatic heterocycles. The van der Waals surface area contributed by atoms with Gasteiger partial charge < -0.3 is 41.1 Å². The number of ether oxygens (including phenoxy) is 1. The molecule has 8 nitrogen and oxygen atoms in total. The number of halogens is 3. The summed E-state index contributed by atoms with van der Waals surface area (Å²) < 4.78 is 39.1. The summed E-state index contributed by atoms with van der Waals surface area (Å²) in [6, 6.07) is 4.84. The Morgan fingerprint density at radius 1 is 1.31 bits per heavy atom. The molecule has 0 aromatic carbocycles. The third-order valence-corrected chi connectivity index (χ3v) is 8.68. The lowest BCUT2D eigenvalue weighted by atomic mass is 9.82. The molecule has 35 heavy (non-hydrogen) atoms. The van der Waals surface area contributed by atoms with Crippen molar-refractivity contribution in [1.82, 2.24) is 5.16 Å². The van der Waals surface area contributed by atoms with E-state index in [1.165, 1.54) is 17.6 Å². The number of carbonyl (C=O) groups excluding carboxylic acids is 2. The monoisotopic (exact) mass is 575 g/mol. The SMILES string of the molecule is O=C(C[N+]12CCC(CC1)[C@@H](OC(=O)C(O)(c1cccs1)C1CCC(F)(F)C1)C2)Nc1ccon1.[Br-]. The summed E-state index contributed by atoms with van der Waals surface area (Å²) in [5.74, 6) is -4.42. The van der Waals surface area contributed by atoms with Crippen molar-refractivity contribution in [3.8, 4) is 0 Å². The molecule has 1 amide bonds. The van der Waals surface area contributed by atoms with E-state index in [9.17, 15) is 23.5 Å². The number of aromatic nitrogens is 1. The lowest BCUT2D eigenvalue weighted by Crippen LogP contribution is -3.00. The number of hydrogen-bond acceptors (Lipinski definition) is 7. The number of esters is 1. The lowest BCUT2D eigenvalue weighted by molar-refractivity contribution is -0.939. The molecule has 4 fully saturated rings. The first-order valence-corrected chi connectivity index (χ1v) is 12.5. The third-order valence-electron chi connectivity index (χ3n) is 7.69. The summed E-state index contributed by atoms with van der Waals surface area (Å²) in [6.07, 6.45) is 1.61. The largest absolute Gasteiger partial charge is 1.00 e. The van der Waals surface area contributed by atoms with E-state index in [0.717, 1.165) is 25.9 Å². The average molecular weight is 576 g/mol. The van der Waals surface area contributed by atoms with E-state index in [2.05, 4.69) is 10.5 Å². The standard InChI is InChI=1S/C23H27F2N3O5S.BrH/c24-22(25)7-3-16(12-22)23(31,18-2-1-11-34-18)21(30)33-17-13-28(8-4-15(17)5-9-28)14-20(29)26-19-6-10-32-27-19;/h1-2,6,10-11,15-17,31H,3-5,7-9,12-14H2;1H/t15?,16?,17-,23?,28?;/m0./s1. The minimum absolute atomic E-state index is 0.